The van der Waals surface area contributed by atoms with Gasteiger partial charge in [0, 0.05) is 24.5 Å². The molecule has 8 nitrogen and oxygen atoms in total. The molecule has 1 saturated heterocycles. The maximum atomic E-state index is 12.5. The quantitative estimate of drug-likeness (QED) is 0.685. The largest absolute Gasteiger partial charge is 0.494 e. The number of nitrogens with one attached hydrogen (secondary N) is 3. The van der Waals surface area contributed by atoms with Gasteiger partial charge in [0.1, 0.15) is 18.4 Å². The number of nitrogens with zero attached hydrogens (tertiary/aromatic N) is 3. The first-order valence-corrected chi connectivity index (χ1v) is 9.48. The number of carbonyl (C=O) groups is 1. The molecule has 2 heterocycles. The molecule has 1 unspecified atom stereocenters. The van der Waals surface area contributed by atoms with E-state index in [0.717, 1.165) is 25.3 Å². The van der Waals surface area contributed by atoms with Crippen LogP contribution in [-0.4, -0.2) is 52.6 Å². The molecule has 1 aliphatic heterocycles. The number of urea groups is 1. The van der Waals surface area contributed by atoms with E-state index in [1.54, 1.807) is 11.0 Å². The lowest BCUT2D eigenvalue weighted by Crippen LogP contribution is -2.54. The van der Waals surface area contributed by atoms with E-state index >= 15 is 0 Å². The van der Waals surface area contributed by atoms with Gasteiger partial charge in [-0.15, -0.1) is 0 Å². The summed E-state index contributed by atoms with van der Waals surface area (Å²) in [5, 5.41) is 13.5. The van der Waals surface area contributed by atoms with E-state index in [9.17, 15) is 4.79 Å². The predicted molar refractivity (Wildman–Crippen MR) is 103 cm³/mol. The number of hydrogen-bond acceptors (Lipinski definition) is 5. The van der Waals surface area contributed by atoms with Crippen LogP contribution in [0.25, 0.3) is 0 Å². The van der Waals surface area contributed by atoms with Crippen molar-refractivity contribution >= 4 is 6.03 Å². The molecule has 1 aromatic heterocycles. The predicted octanol–water partition coefficient (Wildman–Crippen LogP) is 1.51. The standard InChI is InChI=1S/C19H28N6O2/c1-3-27-16-6-4-15(5-7-16)17-8-9-20-10-18(17)24-19(26)23-14(2)11-25-13-21-12-22-25/h4-7,12-14,17-18,20H,3,8-11H2,1-2H3,(H2,23,24,26)/t14?,17-,18-/m0/s1. The Bertz CT molecular complexity index is 703. The molecule has 0 spiro atoms. The lowest BCUT2D eigenvalue weighted by Gasteiger charge is -2.33. The van der Waals surface area contributed by atoms with Gasteiger partial charge >= 0.3 is 6.03 Å². The number of amides is 2. The first kappa shape index (κ1) is 19.2. The smallest absolute Gasteiger partial charge is 0.315 e. The summed E-state index contributed by atoms with van der Waals surface area (Å²) in [6, 6.07) is 8.02. The number of carbonyl (C=O) groups excluding carboxylic acids is 1. The Kier molecular flexibility index (Phi) is 6.64. The average molecular weight is 372 g/mol. The minimum Gasteiger partial charge on any atom is -0.494 e. The van der Waals surface area contributed by atoms with E-state index in [1.165, 1.54) is 11.9 Å². The fraction of sp³-hybridized carbons (Fsp3) is 0.526. The Balaban J connectivity index is 1.57. The molecule has 146 valence electrons. The molecule has 3 atom stereocenters. The number of aromatic nitrogens is 3. The van der Waals surface area contributed by atoms with Crippen molar-refractivity contribution < 1.29 is 9.53 Å². The topological polar surface area (TPSA) is 93.1 Å². The number of ether oxygens (including phenoxy) is 1. The molecule has 8 heteroatoms. The maximum absolute atomic E-state index is 12.5. The van der Waals surface area contributed by atoms with Crippen LogP contribution in [0.1, 0.15) is 31.7 Å². The van der Waals surface area contributed by atoms with E-state index in [-0.39, 0.29) is 24.0 Å². The lowest BCUT2D eigenvalue weighted by atomic mass is 9.86. The molecular weight excluding hydrogens is 344 g/mol. The van der Waals surface area contributed by atoms with Crippen LogP contribution in [-0.2, 0) is 6.54 Å². The number of rotatable bonds is 7. The normalized spacial score (nSPS) is 20.7. The molecule has 0 aliphatic carbocycles. The van der Waals surface area contributed by atoms with E-state index < -0.39 is 0 Å². The zero-order valence-electron chi connectivity index (χ0n) is 15.9. The second kappa shape index (κ2) is 9.36. The zero-order valence-corrected chi connectivity index (χ0v) is 15.9. The van der Waals surface area contributed by atoms with Crippen LogP contribution in [0.15, 0.2) is 36.9 Å². The number of piperidine rings is 1. The molecule has 0 bridgehead atoms. The van der Waals surface area contributed by atoms with Crippen LogP contribution < -0.4 is 20.7 Å². The van der Waals surface area contributed by atoms with E-state index in [2.05, 4.69) is 38.2 Å². The molecule has 2 aromatic rings. The third kappa shape index (κ3) is 5.43. The average Bonchev–Trinajstić information content (AvgIpc) is 3.16. The van der Waals surface area contributed by atoms with Crippen molar-refractivity contribution in [3.63, 3.8) is 0 Å². The Morgan fingerprint density at radius 2 is 2.22 bits per heavy atom. The maximum Gasteiger partial charge on any atom is 0.315 e. The Labute approximate surface area is 159 Å². The number of benzene rings is 1. The monoisotopic (exact) mass is 372 g/mol. The second-order valence-corrected chi connectivity index (χ2v) is 6.84. The lowest BCUT2D eigenvalue weighted by molar-refractivity contribution is 0.226. The molecule has 0 saturated carbocycles. The van der Waals surface area contributed by atoms with Gasteiger partial charge in [0.25, 0.3) is 0 Å². The highest BCUT2D eigenvalue weighted by molar-refractivity contribution is 5.74. The Morgan fingerprint density at radius 1 is 1.41 bits per heavy atom. The summed E-state index contributed by atoms with van der Waals surface area (Å²) in [7, 11) is 0. The van der Waals surface area contributed by atoms with E-state index in [0.29, 0.717) is 13.2 Å². The van der Waals surface area contributed by atoms with Crippen LogP contribution in [0, 0.1) is 0 Å². The zero-order chi connectivity index (χ0) is 19.1. The molecule has 1 aliphatic rings. The second-order valence-electron chi connectivity index (χ2n) is 6.84. The highest BCUT2D eigenvalue weighted by atomic mass is 16.5. The molecule has 0 radical (unpaired) electrons. The van der Waals surface area contributed by atoms with Gasteiger partial charge < -0.3 is 20.7 Å². The Hall–Kier alpha value is -2.61. The van der Waals surface area contributed by atoms with Crippen LogP contribution in [0.2, 0.25) is 0 Å². The SMILES string of the molecule is CCOc1ccc([C@@H]2CCNC[C@@H]2NC(=O)NC(C)Cn2cncn2)cc1. The fourth-order valence-electron chi connectivity index (χ4n) is 3.47. The Morgan fingerprint density at radius 3 is 2.93 bits per heavy atom. The van der Waals surface area contributed by atoms with Gasteiger partial charge in [-0.2, -0.15) is 5.10 Å². The van der Waals surface area contributed by atoms with Crippen molar-refractivity contribution in [2.24, 2.45) is 0 Å². The van der Waals surface area contributed by atoms with Crippen LogP contribution in [0.4, 0.5) is 4.79 Å². The van der Waals surface area contributed by atoms with Gasteiger partial charge in [-0.05, 0) is 44.5 Å². The van der Waals surface area contributed by atoms with Crippen molar-refractivity contribution in [3.05, 3.63) is 42.5 Å². The molecule has 2 amide bonds. The molecule has 3 N–H and O–H groups in total. The van der Waals surface area contributed by atoms with Crippen molar-refractivity contribution in [1.82, 2.24) is 30.7 Å². The van der Waals surface area contributed by atoms with Gasteiger partial charge in [0.15, 0.2) is 0 Å². The van der Waals surface area contributed by atoms with Crippen molar-refractivity contribution in [2.75, 3.05) is 19.7 Å². The van der Waals surface area contributed by atoms with Crippen LogP contribution >= 0.6 is 0 Å². The van der Waals surface area contributed by atoms with Gasteiger partial charge in [0.2, 0.25) is 0 Å². The molecule has 27 heavy (non-hydrogen) atoms. The molecule has 3 rings (SSSR count). The third-order valence-electron chi connectivity index (χ3n) is 4.72. The summed E-state index contributed by atoms with van der Waals surface area (Å²) in [5.41, 5.74) is 1.22. The van der Waals surface area contributed by atoms with E-state index in [4.69, 9.17) is 4.74 Å². The highest BCUT2D eigenvalue weighted by Gasteiger charge is 2.28. The summed E-state index contributed by atoms with van der Waals surface area (Å²) in [6.07, 6.45) is 4.11. The summed E-state index contributed by atoms with van der Waals surface area (Å²) in [6.45, 7) is 6.86. The summed E-state index contributed by atoms with van der Waals surface area (Å²) < 4.78 is 7.23. The first-order valence-electron chi connectivity index (χ1n) is 9.48. The molecule has 1 aromatic carbocycles. The van der Waals surface area contributed by atoms with Crippen molar-refractivity contribution in [2.45, 2.75) is 44.8 Å². The van der Waals surface area contributed by atoms with Gasteiger partial charge in [0.05, 0.1) is 13.2 Å². The minimum absolute atomic E-state index is 0.0373. The van der Waals surface area contributed by atoms with Crippen LogP contribution in [0.5, 0.6) is 5.75 Å². The van der Waals surface area contributed by atoms with Gasteiger partial charge in [-0.1, -0.05) is 12.1 Å². The molecule has 1 fully saturated rings. The van der Waals surface area contributed by atoms with Gasteiger partial charge in [-0.25, -0.2) is 9.78 Å². The third-order valence-corrected chi connectivity index (χ3v) is 4.72. The fourth-order valence-corrected chi connectivity index (χ4v) is 3.47. The summed E-state index contributed by atoms with van der Waals surface area (Å²) in [5.74, 6) is 1.15. The van der Waals surface area contributed by atoms with Crippen LogP contribution in [0.3, 0.4) is 0 Å². The van der Waals surface area contributed by atoms with Crippen molar-refractivity contribution in [3.8, 4) is 5.75 Å². The highest BCUT2D eigenvalue weighted by Crippen LogP contribution is 2.27. The minimum atomic E-state index is -0.160. The molecular formula is C19H28N6O2. The first-order chi connectivity index (χ1) is 13.2. The number of hydrogen-bond donors (Lipinski definition) is 3. The van der Waals surface area contributed by atoms with E-state index in [1.807, 2.05) is 26.0 Å². The van der Waals surface area contributed by atoms with Gasteiger partial charge in [-0.3, -0.25) is 4.68 Å². The summed E-state index contributed by atoms with van der Waals surface area (Å²) >= 11 is 0. The van der Waals surface area contributed by atoms with Crippen molar-refractivity contribution in [1.29, 1.82) is 0 Å². The summed E-state index contributed by atoms with van der Waals surface area (Å²) in [4.78, 5) is 16.4.